The molecule has 4 rings (SSSR count). The van der Waals surface area contributed by atoms with Crippen molar-refractivity contribution < 1.29 is 9.53 Å². The topological polar surface area (TPSA) is 72.6 Å². The summed E-state index contributed by atoms with van der Waals surface area (Å²) in [6.45, 7) is 2.34. The van der Waals surface area contributed by atoms with Crippen LogP contribution in [0.1, 0.15) is 16.2 Å². The summed E-state index contributed by atoms with van der Waals surface area (Å²) in [5.41, 5.74) is 2.49. The van der Waals surface area contributed by atoms with Crippen LogP contribution >= 0.6 is 0 Å². The van der Waals surface area contributed by atoms with Gasteiger partial charge in [-0.1, -0.05) is 0 Å². The van der Waals surface area contributed by atoms with Gasteiger partial charge in [-0.3, -0.25) is 9.78 Å². The van der Waals surface area contributed by atoms with Crippen LogP contribution in [0.15, 0.2) is 49.1 Å². The Morgan fingerprint density at radius 1 is 1.24 bits per heavy atom. The van der Waals surface area contributed by atoms with Crippen LogP contribution in [-0.4, -0.2) is 56.7 Å². The van der Waals surface area contributed by atoms with Gasteiger partial charge in [0.25, 0.3) is 5.91 Å². The molecule has 0 bridgehead atoms. The average Bonchev–Trinajstić information content (AvgIpc) is 3.02. The van der Waals surface area contributed by atoms with E-state index in [1.807, 2.05) is 24.7 Å². The van der Waals surface area contributed by atoms with Gasteiger partial charge in [0.1, 0.15) is 0 Å². The fraction of sp³-hybridized carbons (Fsp3) is 0.333. The van der Waals surface area contributed by atoms with Crippen molar-refractivity contribution in [1.82, 2.24) is 24.5 Å². The van der Waals surface area contributed by atoms with E-state index < -0.39 is 0 Å². The molecule has 0 aliphatic carbocycles. The lowest BCUT2D eigenvalue weighted by Crippen LogP contribution is -2.37. The maximum atomic E-state index is 12.7. The fourth-order valence-electron chi connectivity index (χ4n) is 3.23. The lowest BCUT2D eigenvalue weighted by Gasteiger charge is -2.23. The maximum absolute atomic E-state index is 12.7. The summed E-state index contributed by atoms with van der Waals surface area (Å²) in [6.07, 6.45) is 8.08. The number of nitrogens with zero attached hydrogens (tertiary/aromatic N) is 5. The quantitative estimate of drug-likeness (QED) is 0.723. The van der Waals surface area contributed by atoms with Crippen LogP contribution in [0.25, 0.3) is 5.52 Å². The molecule has 1 saturated heterocycles. The van der Waals surface area contributed by atoms with Gasteiger partial charge in [0.15, 0.2) is 5.69 Å². The SMILES string of the molecule is O=C(c1cccnn1)N1CCOC[C@H](Cc2nccn3cccc23)C1. The van der Waals surface area contributed by atoms with Gasteiger partial charge in [-0.2, -0.15) is 5.10 Å². The molecule has 128 valence electrons. The second-order valence-corrected chi connectivity index (χ2v) is 6.18. The molecule has 3 aromatic heterocycles. The molecule has 0 aromatic carbocycles. The molecule has 1 aliphatic heterocycles. The number of carbonyl (C=O) groups is 1. The van der Waals surface area contributed by atoms with Gasteiger partial charge in [0.2, 0.25) is 0 Å². The third-order valence-corrected chi connectivity index (χ3v) is 4.43. The molecule has 25 heavy (non-hydrogen) atoms. The number of hydrogen-bond acceptors (Lipinski definition) is 5. The largest absolute Gasteiger partial charge is 0.379 e. The number of fused-ring (bicyclic) bond motifs is 1. The van der Waals surface area contributed by atoms with Crippen molar-refractivity contribution in [2.45, 2.75) is 6.42 Å². The van der Waals surface area contributed by atoms with Crippen molar-refractivity contribution in [2.75, 3.05) is 26.3 Å². The van der Waals surface area contributed by atoms with Gasteiger partial charge >= 0.3 is 0 Å². The highest BCUT2D eigenvalue weighted by atomic mass is 16.5. The van der Waals surface area contributed by atoms with E-state index in [2.05, 4.69) is 25.6 Å². The van der Waals surface area contributed by atoms with Crippen LogP contribution in [-0.2, 0) is 11.2 Å². The predicted molar refractivity (Wildman–Crippen MR) is 91.1 cm³/mol. The smallest absolute Gasteiger partial charge is 0.274 e. The highest BCUT2D eigenvalue weighted by Gasteiger charge is 2.25. The first-order valence-electron chi connectivity index (χ1n) is 8.36. The van der Waals surface area contributed by atoms with Crippen molar-refractivity contribution in [2.24, 2.45) is 5.92 Å². The molecule has 4 heterocycles. The first kappa shape index (κ1) is 15.7. The molecule has 0 spiro atoms. The second-order valence-electron chi connectivity index (χ2n) is 6.18. The summed E-state index contributed by atoms with van der Waals surface area (Å²) in [7, 11) is 0. The van der Waals surface area contributed by atoms with E-state index in [9.17, 15) is 4.79 Å². The van der Waals surface area contributed by atoms with E-state index in [0.717, 1.165) is 17.6 Å². The number of ether oxygens (including phenoxy) is 1. The van der Waals surface area contributed by atoms with Crippen LogP contribution in [0.2, 0.25) is 0 Å². The van der Waals surface area contributed by atoms with E-state index in [4.69, 9.17) is 4.74 Å². The zero-order chi connectivity index (χ0) is 17.1. The first-order chi connectivity index (χ1) is 12.3. The van der Waals surface area contributed by atoms with Gasteiger partial charge in [-0.15, -0.1) is 5.10 Å². The lowest BCUT2D eigenvalue weighted by atomic mass is 10.0. The van der Waals surface area contributed by atoms with E-state index in [1.54, 1.807) is 23.2 Å². The second kappa shape index (κ2) is 6.98. The summed E-state index contributed by atoms with van der Waals surface area (Å²) < 4.78 is 7.78. The first-order valence-corrected chi connectivity index (χ1v) is 8.36. The predicted octanol–water partition coefficient (Wildman–Crippen LogP) is 1.46. The molecule has 0 N–H and O–H groups in total. The molecule has 7 nitrogen and oxygen atoms in total. The van der Waals surface area contributed by atoms with E-state index in [-0.39, 0.29) is 11.8 Å². The van der Waals surface area contributed by atoms with Crippen molar-refractivity contribution >= 4 is 11.4 Å². The maximum Gasteiger partial charge on any atom is 0.274 e. The monoisotopic (exact) mass is 337 g/mol. The lowest BCUT2D eigenvalue weighted by molar-refractivity contribution is 0.0730. The minimum absolute atomic E-state index is 0.0996. The van der Waals surface area contributed by atoms with Crippen LogP contribution < -0.4 is 0 Å². The normalized spacial score (nSPS) is 18.2. The van der Waals surface area contributed by atoms with Crippen LogP contribution in [0, 0.1) is 5.92 Å². The molecule has 0 saturated carbocycles. The van der Waals surface area contributed by atoms with Gasteiger partial charge < -0.3 is 14.0 Å². The average molecular weight is 337 g/mol. The Morgan fingerprint density at radius 2 is 2.20 bits per heavy atom. The van der Waals surface area contributed by atoms with Crippen molar-refractivity contribution in [1.29, 1.82) is 0 Å². The summed E-state index contributed by atoms with van der Waals surface area (Å²) in [4.78, 5) is 19.0. The van der Waals surface area contributed by atoms with Crippen LogP contribution in [0.3, 0.4) is 0 Å². The Kier molecular flexibility index (Phi) is 4.39. The van der Waals surface area contributed by atoms with E-state index in [0.29, 0.717) is 32.0 Å². The number of hydrogen-bond donors (Lipinski definition) is 0. The molecule has 0 radical (unpaired) electrons. The molecule has 1 aliphatic rings. The standard InChI is InChI=1S/C18H19N5O2/c24-18(15-3-1-5-20-21-15)23-9-10-25-13-14(12-23)11-16-17-4-2-7-22(17)8-6-19-16/h1-8,14H,9-13H2/t14-/m1/s1. The molecular weight excluding hydrogens is 318 g/mol. The van der Waals surface area contributed by atoms with Crippen LogP contribution in [0.4, 0.5) is 0 Å². The van der Waals surface area contributed by atoms with Gasteiger partial charge in [-0.05, 0) is 30.7 Å². The highest BCUT2D eigenvalue weighted by molar-refractivity contribution is 5.92. The van der Waals surface area contributed by atoms with E-state index in [1.165, 1.54) is 0 Å². The minimum Gasteiger partial charge on any atom is -0.379 e. The fourth-order valence-corrected chi connectivity index (χ4v) is 3.23. The highest BCUT2D eigenvalue weighted by Crippen LogP contribution is 2.18. The van der Waals surface area contributed by atoms with Gasteiger partial charge in [0, 0.05) is 43.8 Å². The van der Waals surface area contributed by atoms with Crippen molar-refractivity contribution in [3.8, 4) is 0 Å². The number of rotatable bonds is 3. The Labute approximate surface area is 145 Å². The molecule has 0 unspecified atom stereocenters. The number of amides is 1. The Balaban J connectivity index is 1.52. The molecular formula is C18H19N5O2. The van der Waals surface area contributed by atoms with Crippen LogP contribution in [0.5, 0.6) is 0 Å². The zero-order valence-electron chi connectivity index (χ0n) is 13.8. The Morgan fingerprint density at radius 3 is 3.08 bits per heavy atom. The third kappa shape index (κ3) is 3.36. The summed E-state index contributed by atoms with van der Waals surface area (Å²) in [5, 5.41) is 7.73. The Hall–Kier alpha value is -2.80. The van der Waals surface area contributed by atoms with Gasteiger partial charge in [-0.25, -0.2) is 0 Å². The van der Waals surface area contributed by atoms with Gasteiger partial charge in [0.05, 0.1) is 24.4 Å². The Bertz CT molecular complexity index is 864. The minimum atomic E-state index is -0.0996. The molecule has 1 fully saturated rings. The number of aromatic nitrogens is 4. The molecule has 7 heteroatoms. The molecule has 3 aromatic rings. The van der Waals surface area contributed by atoms with Crippen molar-refractivity contribution in [3.05, 3.63) is 60.4 Å². The van der Waals surface area contributed by atoms with Crippen molar-refractivity contribution in [3.63, 3.8) is 0 Å². The third-order valence-electron chi connectivity index (χ3n) is 4.43. The zero-order valence-corrected chi connectivity index (χ0v) is 13.8. The summed E-state index contributed by atoms with van der Waals surface area (Å²) in [6, 6.07) is 7.48. The summed E-state index contributed by atoms with van der Waals surface area (Å²) >= 11 is 0. The molecule has 1 amide bonds. The molecule has 1 atom stereocenters. The van der Waals surface area contributed by atoms with E-state index >= 15 is 0 Å². The number of carbonyl (C=O) groups excluding carboxylic acids is 1. The summed E-state index contributed by atoms with van der Waals surface area (Å²) in [5.74, 6) is 0.0918.